The lowest BCUT2D eigenvalue weighted by molar-refractivity contribution is -0.116. The van der Waals surface area contributed by atoms with Gasteiger partial charge in [-0.2, -0.15) is 0 Å². The summed E-state index contributed by atoms with van der Waals surface area (Å²) in [4.78, 5) is 33.0. The quantitative estimate of drug-likeness (QED) is 0.756. The van der Waals surface area contributed by atoms with Crippen LogP contribution in [0, 0.1) is 6.92 Å². The molecule has 33 heavy (non-hydrogen) atoms. The largest absolute Gasteiger partial charge is 0.361 e. The Hall–Kier alpha value is -3.38. The van der Waals surface area contributed by atoms with Crippen LogP contribution in [-0.4, -0.2) is 46.9 Å². The maximum absolute atomic E-state index is 13.2. The summed E-state index contributed by atoms with van der Waals surface area (Å²) in [5.41, 5.74) is 6.74. The molecule has 2 atom stereocenters. The van der Waals surface area contributed by atoms with Gasteiger partial charge in [0.05, 0.1) is 17.7 Å². The maximum Gasteiger partial charge on any atom is 0.255 e. The van der Waals surface area contributed by atoms with Crippen LogP contribution in [0.15, 0.2) is 60.0 Å². The molecule has 0 radical (unpaired) electrons. The second-order valence-corrected chi connectivity index (χ2v) is 9.37. The van der Waals surface area contributed by atoms with Gasteiger partial charge in [-0.1, -0.05) is 30.4 Å². The van der Waals surface area contributed by atoms with Gasteiger partial charge in [0, 0.05) is 49.2 Å². The number of carbonyl (C=O) groups is 2. The lowest BCUT2D eigenvalue weighted by Gasteiger charge is -2.36. The molecule has 6 heteroatoms. The Bertz CT molecular complexity index is 1190. The van der Waals surface area contributed by atoms with E-state index in [1.54, 1.807) is 0 Å². The first-order valence-electron chi connectivity index (χ1n) is 11.6. The zero-order valence-electron chi connectivity index (χ0n) is 19.4. The number of nitrogens with one attached hydrogen (secondary N) is 2. The van der Waals surface area contributed by atoms with Crippen molar-refractivity contribution in [3.05, 3.63) is 82.3 Å². The highest BCUT2D eigenvalue weighted by atomic mass is 16.2. The van der Waals surface area contributed by atoms with Crippen molar-refractivity contribution in [1.82, 2.24) is 15.2 Å². The summed E-state index contributed by atoms with van der Waals surface area (Å²) < 4.78 is 0. The number of fused-ring (bicyclic) bond motifs is 1. The lowest BCUT2D eigenvalue weighted by atomic mass is 10.0. The highest BCUT2D eigenvalue weighted by Gasteiger charge is 2.30. The summed E-state index contributed by atoms with van der Waals surface area (Å²) >= 11 is 0. The van der Waals surface area contributed by atoms with E-state index in [2.05, 4.69) is 36.3 Å². The minimum Gasteiger partial charge on any atom is -0.361 e. The van der Waals surface area contributed by atoms with Crippen molar-refractivity contribution in [1.29, 1.82) is 0 Å². The molecule has 6 nitrogen and oxygen atoms in total. The van der Waals surface area contributed by atoms with Crippen LogP contribution in [0.2, 0.25) is 0 Å². The SMILES string of the molecule is Cc1c(C(=O)N2C[C@@H](C)N[C@@H](C)C2)c[nH]c1/C=C1\C=CC=C(N2C(=O)Cc3ccccc32)C1. The van der Waals surface area contributed by atoms with E-state index >= 15 is 0 Å². The number of nitrogens with zero attached hydrogens (tertiary/aromatic N) is 2. The number of hydrogen-bond acceptors (Lipinski definition) is 3. The van der Waals surface area contributed by atoms with Gasteiger partial charge < -0.3 is 15.2 Å². The number of para-hydroxylation sites is 1. The zero-order chi connectivity index (χ0) is 23.1. The Balaban J connectivity index is 1.35. The molecule has 0 saturated carbocycles. The third kappa shape index (κ3) is 4.07. The van der Waals surface area contributed by atoms with E-state index in [1.165, 1.54) is 0 Å². The Morgan fingerprint density at radius 3 is 2.67 bits per heavy atom. The first-order chi connectivity index (χ1) is 15.9. The van der Waals surface area contributed by atoms with Crippen molar-refractivity contribution in [2.24, 2.45) is 0 Å². The second-order valence-electron chi connectivity index (χ2n) is 9.37. The monoisotopic (exact) mass is 442 g/mol. The minimum absolute atomic E-state index is 0.0765. The molecule has 2 aliphatic heterocycles. The van der Waals surface area contributed by atoms with Crippen LogP contribution in [-0.2, 0) is 11.2 Å². The van der Waals surface area contributed by atoms with E-state index in [1.807, 2.05) is 59.3 Å². The molecular formula is C27H30N4O2. The van der Waals surface area contributed by atoms with E-state index in [9.17, 15) is 9.59 Å². The van der Waals surface area contributed by atoms with Crippen molar-refractivity contribution < 1.29 is 9.59 Å². The average molecular weight is 443 g/mol. The Kier molecular flexibility index (Phi) is 5.54. The van der Waals surface area contributed by atoms with Gasteiger partial charge in [0.25, 0.3) is 5.91 Å². The van der Waals surface area contributed by atoms with E-state index in [0.717, 1.165) is 39.3 Å². The number of benzene rings is 1. The Morgan fingerprint density at radius 2 is 1.88 bits per heavy atom. The molecule has 2 amide bonds. The zero-order valence-corrected chi connectivity index (χ0v) is 19.4. The number of anilines is 1. The van der Waals surface area contributed by atoms with Crippen LogP contribution in [0.5, 0.6) is 0 Å². The topological polar surface area (TPSA) is 68.4 Å². The number of aromatic nitrogens is 1. The Labute approximate surface area is 194 Å². The van der Waals surface area contributed by atoms with Gasteiger partial charge in [-0.25, -0.2) is 0 Å². The molecule has 5 rings (SSSR count). The fourth-order valence-electron chi connectivity index (χ4n) is 5.16. The first kappa shape index (κ1) is 21.5. The van der Waals surface area contributed by atoms with Crippen LogP contribution < -0.4 is 10.2 Å². The number of piperazine rings is 1. The van der Waals surface area contributed by atoms with Crippen molar-refractivity contribution >= 4 is 23.6 Å². The van der Waals surface area contributed by atoms with E-state index in [0.29, 0.717) is 25.9 Å². The summed E-state index contributed by atoms with van der Waals surface area (Å²) in [6.07, 6.45) is 11.1. The van der Waals surface area contributed by atoms with Crippen molar-refractivity contribution in [2.45, 2.75) is 45.7 Å². The van der Waals surface area contributed by atoms with Gasteiger partial charge in [0.2, 0.25) is 5.91 Å². The predicted octanol–water partition coefficient (Wildman–Crippen LogP) is 3.96. The normalized spacial score (nSPS) is 23.8. The van der Waals surface area contributed by atoms with Crippen LogP contribution in [0.4, 0.5) is 5.69 Å². The highest BCUT2D eigenvalue weighted by molar-refractivity contribution is 6.04. The van der Waals surface area contributed by atoms with Gasteiger partial charge in [0.1, 0.15) is 0 Å². The summed E-state index contributed by atoms with van der Waals surface area (Å²) in [7, 11) is 0. The molecule has 3 heterocycles. The van der Waals surface area contributed by atoms with E-state index < -0.39 is 0 Å². The molecule has 0 unspecified atom stereocenters. The van der Waals surface area contributed by atoms with Crippen LogP contribution in [0.1, 0.15) is 47.4 Å². The summed E-state index contributed by atoms with van der Waals surface area (Å²) in [5, 5.41) is 3.47. The standard InChI is InChI=1S/C27H30N4O2/c1-17-15-30(16-18(2)29-17)27(33)23-14-28-24(19(23)3)12-20-7-6-9-22(11-20)31-25-10-5-4-8-21(25)13-26(31)32/h4-10,12,14,17-18,28-29H,11,13,15-16H2,1-3H3/b20-12+/t17-,18+. The molecule has 0 spiro atoms. The van der Waals surface area contributed by atoms with Crippen molar-refractivity contribution in [2.75, 3.05) is 18.0 Å². The molecule has 1 saturated heterocycles. The molecule has 170 valence electrons. The molecule has 1 aliphatic carbocycles. The third-order valence-electron chi connectivity index (χ3n) is 6.68. The number of amides is 2. The van der Waals surface area contributed by atoms with Gasteiger partial charge >= 0.3 is 0 Å². The van der Waals surface area contributed by atoms with Crippen LogP contribution in [0.3, 0.4) is 0 Å². The second kappa shape index (κ2) is 8.52. The maximum atomic E-state index is 13.2. The molecule has 2 aromatic rings. The average Bonchev–Trinajstić information content (AvgIpc) is 3.31. The number of hydrogen-bond donors (Lipinski definition) is 2. The summed E-state index contributed by atoms with van der Waals surface area (Å²) in [6.45, 7) is 7.65. The smallest absolute Gasteiger partial charge is 0.255 e. The fourth-order valence-corrected chi connectivity index (χ4v) is 5.16. The highest BCUT2D eigenvalue weighted by Crippen LogP contribution is 2.35. The predicted molar refractivity (Wildman–Crippen MR) is 131 cm³/mol. The third-order valence-corrected chi connectivity index (χ3v) is 6.68. The number of carbonyl (C=O) groups excluding carboxylic acids is 2. The van der Waals surface area contributed by atoms with Crippen molar-refractivity contribution in [3.8, 4) is 0 Å². The number of H-pyrrole nitrogens is 1. The molecule has 3 aliphatic rings. The molecular weight excluding hydrogens is 412 g/mol. The van der Waals surface area contributed by atoms with E-state index in [4.69, 9.17) is 0 Å². The summed E-state index contributed by atoms with van der Waals surface area (Å²) in [5.74, 6) is 0.188. The fraction of sp³-hybridized carbons (Fsp3) is 0.333. The van der Waals surface area contributed by atoms with Crippen LogP contribution in [0.25, 0.3) is 6.08 Å². The van der Waals surface area contributed by atoms with Crippen molar-refractivity contribution in [3.63, 3.8) is 0 Å². The molecule has 1 fully saturated rings. The Morgan fingerprint density at radius 1 is 1.12 bits per heavy atom. The number of rotatable bonds is 3. The van der Waals surface area contributed by atoms with Crippen LogP contribution >= 0.6 is 0 Å². The first-order valence-corrected chi connectivity index (χ1v) is 11.6. The molecule has 1 aromatic heterocycles. The minimum atomic E-state index is 0.0765. The molecule has 1 aromatic carbocycles. The van der Waals surface area contributed by atoms with Gasteiger partial charge in [-0.05, 0) is 55.7 Å². The molecule has 0 bridgehead atoms. The van der Waals surface area contributed by atoms with E-state index in [-0.39, 0.29) is 23.9 Å². The number of allylic oxidation sites excluding steroid dienone is 4. The lowest BCUT2D eigenvalue weighted by Crippen LogP contribution is -2.55. The summed E-state index contributed by atoms with van der Waals surface area (Å²) in [6, 6.07) is 8.55. The van der Waals surface area contributed by atoms with Gasteiger partial charge in [-0.15, -0.1) is 0 Å². The molecule has 2 N–H and O–H groups in total. The van der Waals surface area contributed by atoms with Gasteiger partial charge in [0.15, 0.2) is 0 Å². The number of aromatic amines is 1. The van der Waals surface area contributed by atoms with Gasteiger partial charge in [-0.3, -0.25) is 14.5 Å².